The van der Waals surface area contributed by atoms with E-state index >= 15 is 0 Å². The number of hydrogen-bond acceptors (Lipinski definition) is 5. The van der Waals surface area contributed by atoms with Crippen LogP contribution < -0.4 is 10.1 Å². The molecule has 0 unspecified atom stereocenters. The predicted molar refractivity (Wildman–Crippen MR) is 70.0 cm³/mol. The van der Waals surface area contributed by atoms with Gasteiger partial charge in [0.2, 0.25) is 0 Å². The van der Waals surface area contributed by atoms with E-state index < -0.39 is 11.9 Å². The second-order valence-electron chi connectivity index (χ2n) is 3.54. The number of aromatic carboxylic acids is 1. The van der Waals surface area contributed by atoms with Crippen LogP contribution >= 0.6 is 11.3 Å². The molecule has 1 aromatic heterocycles. The first-order valence-electron chi connectivity index (χ1n) is 5.23. The fourth-order valence-electron chi connectivity index (χ4n) is 1.45. The Bertz CT molecular complexity index is 610. The summed E-state index contributed by atoms with van der Waals surface area (Å²) in [5, 5.41) is 11.7. The topological polar surface area (TPSA) is 88.5 Å². The molecule has 2 aromatic rings. The van der Waals surface area contributed by atoms with Crippen LogP contribution in [0.1, 0.15) is 20.0 Å². The zero-order valence-electron chi connectivity index (χ0n) is 9.91. The lowest BCUT2D eigenvalue weighted by molar-refractivity contribution is 0.0697. The van der Waals surface area contributed by atoms with Gasteiger partial charge in [-0.3, -0.25) is 9.78 Å². The standard InChI is InChI=1S/C12H10N2O4S/c1-18-7-2-3-9(8(4-7)12(16)17)14-11(15)10-5-13-6-19-10/h2-6H,1H3,(H,14,15)(H,16,17). The number of aromatic nitrogens is 1. The first-order chi connectivity index (χ1) is 9.11. The number of anilines is 1. The molecule has 1 aromatic carbocycles. The van der Waals surface area contributed by atoms with Crippen molar-refractivity contribution < 1.29 is 19.4 Å². The second kappa shape index (κ2) is 5.49. The summed E-state index contributed by atoms with van der Waals surface area (Å²) in [6, 6.07) is 4.42. The number of amides is 1. The molecule has 7 heteroatoms. The molecule has 6 nitrogen and oxygen atoms in total. The number of nitrogens with one attached hydrogen (secondary N) is 1. The number of carboxylic acid groups (broad SMARTS) is 1. The molecule has 0 saturated carbocycles. The maximum Gasteiger partial charge on any atom is 0.337 e. The summed E-state index contributed by atoms with van der Waals surface area (Å²) < 4.78 is 4.95. The van der Waals surface area contributed by atoms with Crippen molar-refractivity contribution in [3.63, 3.8) is 0 Å². The summed E-state index contributed by atoms with van der Waals surface area (Å²) in [6.45, 7) is 0. The number of carbonyl (C=O) groups is 2. The van der Waals surface area contributed by atoms with Crippen molar-refractivity contribution in [2.45, 2.75) is 0 Å². The number of carbonyl (C=O) groups excluding carboxylic acids is 1. The Hall–Kier alpha value is -2.41. The molecule has 19 heavy (non-hydrogen) atoms. The Balaban J connectivity index is 2.29. The molecule has 2 rings (SSSR count). The van der Waals surface area contributed by atoms with Crippen LogP contribution in [0.25, 0.3) is 0 Å². The lowest BCUT2D eigenvalue weighted by Gasteiger charge is -2.09. The van der Waals surface area contributed by atoms with E-state index in [0.29, 0.717) is 10.6 Å². The van der Waals surface area contributed by atoms with Crippen LogP contribution in [-0.2, 0) is 0 Å². The van der Waals surface area contributed by atoms with Crippen LogP contribution in [0.5, 0.6) is 5.75 Å². The first kappa shape index (κ1) is 13.0. The number of carboxylic acids is 1. The Morgan fingerprint density at radius 3 is 2.79 bits per heavy atom. The van der Waals surface area contributed by atoms with Crippen molar-refractivity contribution in [3.8, 4) is 5.75 Å². The van der Waals surface area contributed by atoms with Crippen LogP contribution in [0.3, 0.4) is 0 Å². The van der Waals surface area contributed by atoms with Gasteiger partial charge in [0.25, 0.3) is 5.91 Å². The third kappa shape index (κ3) is 2.89. The maximum absolute atomic E-state index is 11.8. The van der Waals surface area contributed by atoms with Crippen LogP contribution in [0, 0.1) is 0 Å². The van der Waals surface area contributed by atoms with Crippen LogP contribution in [0.4, 0.5) is 5.69 Å². The van der Waals surface area contributed by atoms with Gasteiger partial charge in [-0.25, -0.2) is 4.79 Å². The molecule has 0 aliphatic heterocycles. The van der Waals surface area contributed by atoms with E-state index in [0.717, 1.165) is 0 Å². The highest BCUT2D eigenvalue weighted by atomic mass is 32.1. The maximum atomic E-state index is 11.8. The number of nitrogens with zero attached hydrogens (tertiary/aromatic N) is 1. The third-order valence-electron chi connectivity index (χ3n) is 2.36. The molecule has 0 atom stereocenters. The summed E-state index contributed by atoms with van der Waals surface area (Å²) in [7, 11) is 1.44. The molecule has 0 saturated heterocycles. The number of hydrogen-bond donors (Lipinski definition) is 2. The van der Waals surface area contributed by atoms with Crippen molar-refractivity contribution in [2.24, 2.45) is 0 Å². The molecule has 1 amide bonds. The highest BCUT2D eigenvalue weighted by Crippen LogP contribution is 2.23. The van der Waals surface area contributed by atoms with E-state index in [1.54, 1.807) is 6.07 Å². The zero-order valence-corrected chi connectivity index (χ0v) is 10.7. The van der Waals surface area contributed by atoms with Crippen molar-refractivity contribution in [1.29, 1.82) is 0 Å². The number of thiazole rings is 1. The molecule has 0 bridgehead atoms. The van der Waals surface area contributed by atoms with Crippen molar-refractivity contribution in [2.75, 3.05) is 12.4 Å². The van der Waals surface area contributed by atoms with E-state index in [2.05, 4.69) is 10.3 Å². The SMILES string of the molecule is COc1ccc(NC(=O)c2cncs2)c(C(=O)O)c1. The molecule has 0 aliphatic rings. The van der Waals surface area contributed by atoms with Gasteiger partial charge in [-0.15, -0.1) is 11.3 Å². The summed E-state index contributed by atoms with van der Waals surface area (Å²) in [5.74, 6) is -1.12. The van der Waals surface area contributed by atoms with Gasteiger partial charge in [0, 0.05) is 0 Å². The Morgan fingerprint density at radius 1 is 1.42 bits per heavy atom. The minimum absolute atomic E-state index is 0.0304. The second-order valence-corrected chi connectivity index (χ2v) is 4.42. The lowest BCUT2D eigenvalue weighted by Crippen LogP contribution is -2.13. The van der Waals surface area contributed by atoms with E-state index in [1.165, 1.54) is 42.3 Å². The van der Waals surface area contributed by atoms with E-state index in [4.69, 9.17) is 9.84 Å². The summed E-state index contributed by atoms with van der Waals surface area (Å²) in [4.78, 5) is 27.2. The van der Waals surface area contributed by atoms with Gasteiger partial charge in [-0.2, -0.15) is 0 Å². The smallest absolute Gasteiger partial charge is 0.337 e. The summed E-state index contributed by atoms with van der Waals surface area (Å²) in [6.07, 6.45) is 1.42. The molecular weight excluding hydrogens is 268 g/mol. The van der Waals surface area contributed by atoms with Crippen LogP contribution in [0.2, 0.25) is 0 Å². The van der Waals surface area contributed by atoms with Gasteiger partial charge in [-0.1, -0.05) is 0 Å². The van der Waals surface area contributed by atoms with E-state index in [9.17, 15) is 9.59 Å². The monoisotopic (exact) mass is 278 g/mol. The number of benzene rings is 1. The minimum atomic E-state index is -1.14. The van der Waals surface area contributed by atoms with E-state index in [1.807, 2.05) is 0 Å². The van der Waals surface area contributed by atoms with Crippen molar-refractivity contribution >= 4 is 28.9 Å². The highest BCUT2D eigenvalue weighted by molar-refractivity contribution is 7.11. The summed E-state index contributed by atoms with van der Waals surface area (Å²) >= 11 is 1.18. The Morgan fingerprint density at radius 2 is 2.21 bits per heavy atom. The number of rotatable bonds is 4. The van der Waals surface area contributed by atoms with Crippen molar-refractivity contribution in [1.82, 2.24) is 4.98 Å². The van der Waals surface area contributed by atoms with Gasteiger partial charge >= 0.3 is 5.97 Å². The quantitative estimate of drug-likeness (QED) is 0.894. The van der Waals surface area contributed by atoms with Gasteiger partial charge < -0.3 is 15.2 Å². The normalized spacial score (nSPS) is 9.95. The Kier molecular flexibility index (Phi) is 3.76. The van der Waals surface area contributed by atoms with E-state index in [-0.39, 0.29) is 11.3 Å². The number of methoxy groups -OCH3 is 1. The fourth-order valence-corrected chi connectivity index (χ4v) is 1.96. The molecule has 0 aliphatic carbocycles. The average Bonchev–Trinajstić information content (AvgIpc) is 2.92. The fraction of sp³-hybridized carbons (Fsp3) is 0.0833. The lowest BCUT2D eigenvalue weighted by atomic mass is 10.1. The largest absolute Gasteiger partial charge is 0.497 e. The van der Waals surface area contributed by atoms with Crippen LogP contribution in [-0.4, -0.2) is 29.1 Å². The van der Waals surface area contributed by atoms with Gasteiger partial charge in [0.15, 0.2) is 0 Å². The molecule has 1 heterocycles. The Labute approximate surface area is 112 Å². The molecule has 0 spiro atoms. The van der Waals surface area contributed by atoms with Gasteiger partial charge in [-0.05, 0) is 18.2 Å². The first-order valence-corrected chi connectivity index (χ1v) is 6.11. The molecule has 98 valence electrons. The summed E-state index contributed by atoms with van der Waals surface area (Å²) in [5.41, 5.74) is 1.71. The predicted octanol–water partition coefficient (Wildman–Crippen LogP) is 2.10. The van der Waals surface area contributed by atoms with Crippen molar-refractivity contribution in [3.05, 3.63) is 40.3 Å². The average molecular weight is 278 g/mol. The van der Waals surface area contributed by atoms with Gasteiger partial charge in [0.05, 0.1) is 30.1 Å². The molecular formula is C12H10N2O4S. The van der Waals surface area contributed by atoms with Crippen LogP contribution in [0.15, 0.2) is 29.9 Å². The third-order valence-corrected chi connectivity index (χ3v) is 3.13. The molecule has 0 radical (unpaired) electrons. The minimum Gasteiger partial charge on any atom is -0.497 e. The molecule has 0 fully saturated rings. The molecule has 2 N–H and O–H groups in total. The highest BCUT2D eigenvalue weighted by Gasteiger charge is 2.15. The van der Waals surface area contributed by atoms with Gasteiger partial charge in [0.1, 0.15) is 10.6 Å². The number of ether oxygens (including phenoxy) is 1. The zero-order chi connectivity index (χ0) is 13.8.